The lowest BCUT2D eigenvalue weighted by Crippen LogP contribution is -2.52. The molecular weight excluding hydrogens is 498 g/mol. The first-order valence-corrected chi connectivity index (χ1v) is 12.6. The Morgan fingerprint density at radius 3 is 2.76 bits per heavy atom. The van der Waals surface area contributed by atoms with E-state index in [0.717, 1.165) is 6.42 Å². The van der Waals surface area contributed by atoms with E-state index in [9.17, 15) is 19.5 Å². The lowest BCUT2D eigenvalue weighted by atomic mass is 9.98. The number of aryl methyl sites for hydroxylation is 2. The normalized spacial score (nSPS) is 13.5. The van der Waals surface area contributed by atoms with Crippen LogP contribution in [0.25, 0.3) is 16.2 Å². The van der Waals surface area contributed by atoms with E-state index in [2.05, 4.69) is 15.4 Å². The molecule has 4 aromatic rings. The number of nitrogens with one attached hydrogen (secondary N) is 1. The Morgan fingerprint density at radius 1 is 1.30 bits per heavy atom. The fourth-order valence-electron chi connectivity index (χ4n) is 4.19. The molecule has 1 amide bonds. The Morgan fingerprint density at radius 2 is 2.08 bits per heavy atom. The van der Waals surface area contributed by atoms with Crippen LogP contribution in [0.15, 0.2) is 34.7 Å². The van der Waals surface area contributed by atoms with Gasteiger partial charge in [-0.1, -0.05) is 6.92 Å². The highest BCUT2D eigenvalue weighted by molar-refractivity contribution is 7.12. The van der Waals surface area contributed by atoms with E-state index in [4.69, 9.17) is 9.72 Å². The fourth-order valence-corrected chi connectivity index (χ4v) is 4.80. The number of carbonyl (C=O) groups excluding carboxylic acids is 1. The number of anilines is 2. The summed E-state index contributed by atoms with van der Waals surface area (Å²) < 4.78 is 8.72. The molecule has 37 heavy (non-hydrogen) atoms. The molecule has 0 radical (unpaired) electrons. The average molecular weight is 524 g/mol. The molecule has 0 saturated carbocycles. The molecule has 5 heterocycles. The van der Waals surface area contributed by atoms with Gasteiger partial charge in [-0.3, -0.25) is 14.2 Å². The largest absolute Gasteiger partial charge is 0.478 e. The third-order valence-electron chi connectivity index (χ3n) is 6.12. The maximum absolute atomic E-state index is 12.9. The zero-order chi connectivity index (χ0) is 26.3. The van der Waals surface area contributed by atoms with Crippen LogP contribution >= 0.6 is 11.3 Å². The van der Waals surface area contributed by atoms with Gasteiger partial charge in [-0.05, 0) is 25.0 Å². The minimum Gasteiger partial charge on any atom is -0.478 e. The van der Waals surface area contributed by atoms with Crippen LogP contribution in [-0.4, -0.2) is 61.0 Å². The third-order valence-corrected chi connectivity index (χ3v) is 6.89. The summed E-state index contributed by atoms with van der Waals surface area (Å²) in [6, 6.07) is 3.44. The zero-order valence-corrected chi connectivity index (χ0v) is 21.3. The van der Waals surface area contributed by atoms with Gasteiger partial charge in [-0.2, -0.15) is 5.10 Å². The first-order chi connectivity index (χ1) is 17.8. The number of carbonyl (C=O) groups is 2. The first kappa shape index (κ1) is 24.4. The molecule has 1 fully saturated rings. The number of fused-ring (bicyclic) bond motifs is 1. The van der Waals surface area contributed by atoms with Gasteiger partial charge in [0.2, 0.25) is 17.2 Å². The van der Waals surface area contributed by atoms with Crippen LogP contribution < -0.4 is 20.4 Å². The highest BCUT2D eigenvalue weighted by Crippen LogP contribution is 2.29. The topological polar surface area (TPSA) is 144 Å². The van der Waals surface area contributed by atoms with Crippen LogP contribution in [0, 0.1) is 12.8 Å². The summed E-state index contributed by atoms with van der Waals surface area (Å²) in [4.78, 5) is 48.3. The number of rotatable bonds is 8. The van der Waals surface area contributed by atoms with Crippen molar-refractivity contribution < 1.29 is 19.4 Å². The number of hydrogen-bond donors (Lipinski definition) is 2. The number of amides is 1. The van der Waals surface area contributed by atoms with Gasteiger partial charge in [0.05, 0.1) is 17.9 Å². The van der Waals surface area contributed by atoms with Crippen molar-refractivity contribution in [2.75, 3.05) is 29.9 Å². The molecule has 4 aromatic heterocycles. The highest BCUT2D eigenvalue weighted by Gasteiger charge is 2.34. The van der Waals surface area contributed by atoms with Crippen LogP contribution in [-0.2, 0) is 11.8 Å². The molecule has 0 aromatic carbocycles. The number of carboxylic acid groups (broad SMARTS) is 1. The van der Waals surface area contributed by atoms with Crippen LogP contribution in [0.4, 0.5) is 11.6 Å². The fraction of sp³-hybridized carbons (Fsp3) is 0.333. The molecule has 1 aliphatic rings. The average Bonchev–Trinajstić information content (AvgIpc) is 3.46. The first-order valence-electron chi connectivity index (χ1n) is 11.7. The van der Waals surface area contributed by atoms with Crippen LogP contribution in [0.5, 0.6) is 5.88 Å². The minimum absolute atomic E-state index is 0.153. The third kappa shape index (κ3) is 4.53. The van der Waals surface area contributed by atoms with Crippen molar-refractivity contribution in [3.63, 3.8) is 0 Å². The Labute approximate surface area is 215 Å². The maximum Gasteiger partial charge on any atom is 0.341 e. The molecule has 0 spiro atoms. The van der Waals surface area contributed by atoms with E-state index in [1.165, 1.54) is 22.1 Å². The molecule has 1 aliphatic heterocycles. The standard InChI is InChI=1S/C24H25N7O5S/c1-4-6-36-18-9-16(28-29(18)3)26-22(33)14-10-30(11-14)17-8-13(2)19-20(32)15(23(34)35)12-31(21(19)27-17)24-25-5-7-37-24/h5,7-9,12,14H,4,6,10-11H2,1-3H3,(H,34,35)(H,26,28,33). The second-order valence-electron chi connectivity index (χ2n) is 8.79. The smallest absolute Gasteiger partial charge is 0.341 e. The molecule has 1 saturated heterocycles. The van der Waals surface area contributed by atoms with Crippen molar-refractivity contribution in [3.05, 3.63) is 51.3 Å². The molecular formula is C24H25N7O5S. The molecule has 192 valence electrons. The number of thiazole rings is 1. The lowest BCUT2D eigenvalue weighted by Gasteiger charge is -2.39. The summed E-state index contributed by atoms with van der Waals surface area (Å²) in [6.07, 6.45) is 3.73. The summed E-state index contributed by atoms with van der Waals surface area (Å²) in [5, 5.41) is 19.2. The number of carboxylic acids is 1. The van der Waals surface area contributed by atoms with Gasteiger partial charge in [-0.15, -0.1) is 11.3 Å². The van der Waals surface area contributed by atoms with Gasteiger partial charge in [0, 0.05) is 44.0 Å². The summed E-state index contributed by atoms with van der Waals surface area (Å²) >= 11 is 1.30. The Hall–Kier alpha value is -4.26. The zero-order valence-electron chi connectivity index (χ0n) is 20.5. The molecule has 12 nitrogen and oxygen atoms in total. The second-order valence-corrected chi connectivity index (χ2v) is 9.66. The van der Waals surface area contributed by atoms with Gasteiger partial charge in [0.25, 0.3) is 0 Å². The van der Waals surface area contributed by atoms with Gasteiger partial charge >= 0.3 is 5.97 Å². The molecule has 5 rings (SSSR count). The van der Waals surface area contributed by atoms with E-state index >= 15 is 0 Å². The van der Waals surface area contributed by atoms with Gasteiger partial charge in [0.15, 0.2) is 16.6 Å². The van der Waals surface area contributed by atoms with Gasteiger partial charge < -0.3 is 20.1 Å². The Kier molecular flexibility index (Phi) is 6.38. The van der Waals surface area contributed by atoms with Crippen molar-refractivity contribution >= 4 is 45.9 Å². The van der Waals surface area contributed by atoms with Gasteiger partial charge in [-0.25, -0.2) is 19.4 Å². The molecule has 0 aliphatic carbocycles. The number of aromatic nitrogens is 5. The molecule has 0 atom stereocenters. The summed E-state index contributed by atoms with van der Waals surface area (Å²) in [5.74, 6) is -0.127. The summed E-state index contributed by atoms with van der Waals surface area (Å²) in [7, 11) is 1.75. The highest BCUT2D eigenvalue weighted by atomic mass is 32.1. The predicted molar refractivity (Wildman–Crippen MR) is 138 cm³/mol. The monoisotopic (exact) mass is 523 g/mol. The number of pyridine rings is 2. The van der Waals surface area contributed by atoms with Crippen LogP contribution in [0.3, 0.4) is 0 Å². The summed E-state index contributed by atoms with van der Waals surface area (Å²) in [6.45, 7) is 5.19. The van der Waals surface area contributed by atoms with E-state index < -0.39 is 11.4 Å². The van der Waals surface area contributed by atoms with Crippen LogP contribution in [0.2, 0.25) is 0 Å². The van der Waals surface area contributed by atoms with Crippen molar-refractivity contribution in [2.24, 2.45) is 13.0 Å². The molecule has 13 heteroatoms. The minimum atomic E-state index is -1.31. The van der Waals surface area contributed by atoms with E-state index in [1.54, 1.807) is 42.4 Å². The van der Waals surface area contributed by atoms with Gasteiger partial charge in [0.1, 0.15) is 11.4 Å². The number of ether oxygens (including phenoxy) is 1. The Balaban J connectivity index is 1.38. The van der Waals surface area contributed by atoms with Crippen molar-refractivity contribution in [3.8, 4) is 11.0 Å². The number of aromatic carboxylic acids is 1. The second kappa shape index (κ2) is 9.65. The number of nitrogens with zero attached hydrogens (tertiary/aromatic N) is 6. The van der Waals surface area contributed by atoms with Crippen LogP contribution in [0.1, 0.15) is 29.3 Å². The predicted octanol–water partition coefficient (Wildman–Crippen LogP) is 2.45. The lowest BCUT2D eigenvalue weighted by molar-refractivity contribution is -0.120. The SMILES string of the molecule is CCCOc1cc(NC(=O)C2CN(c3cc(C)c4c(=O)c(C(=O)O)cn(-c5nccs5)c4n3)C2)nn1C. The van der Waals surface area contributed by atoms with E-state index in [1.807, 2.05) is 11.8 Å². The number of hydrogen-bond acceptors (Lipinski definition) is 9. The molecule has 0 unspecified atom stereocenters. The molecule has 2 N–H and O–H groups in total. The quantitative estimate of drug-likeness (QED) is 0.356. The van der Waals surface area contributed by atoms with E-state index in [-0.39, 0.29) is 22.8 Å². The molecule has 0 bridgehead atoms. The van der Waals surface area contributed by atoms with Crippen molar-refractivity contribution in [1.82, 2.24) is 24.3 Å². The summed E-state index contributed by atoms with van der Waals surface area (Å²) in [5.41, 5.74) is -0.0236. The Bertz CT molecular complexity index is 1550. The van der Waals surface area contributed by atoms with Crippen molar-refractivity contribution in [1.29, 1.82) is 0 Å². The van der Waals surface area contributed by atoms with E-state index in [0.29, 0.717) is 53.6 Å². The van der Waals surface area contributed by atoms with Crippen molar-refractivity contribution in [2.45, 2.75) is 20.3 Å². The maximum atomic E-state index is 12.9.